The van der Waals surface area contributed by atoms with Crippen LogP contribution in [0.5, 0.6) is 0 Å². The van der Waals surface area contributed by atoms with Crippen LogP contribution in [-0.4, -0.2) is 46.2 Å². The van der Waals surface area contributed by atoms with Crippen molar-refractivity contribution in [2.24, 2.45) is 0 Å². The molecule has 0 amide bonds. The Bertz CT molecular complexity index is 569. The summed E-state index contributed by atoms with van der Waals surface area (Å²) < 4.78 is 5.36. The van der Waals surface area contributed by atoms with E-state index < -0.39 is 0 Å². The fraction of sp³-hybridized carbons (Fsp3) is 0.500. The Hall–Kier alpha value is -1.79. The van der Waals surface area contributed by atoms with Gasteiger partial charge in [0, 0.05) is 43.1 Å². The first-order chi connectivity index (χ1) is 9.70. The molecule has 0 aliphatic carbocycles. The zero-order chi connectivity index (χ0) is 13.9. The van der Waals surface area contributed by atoms with Crippen LogP contribution in [-0.2, 0) is 6.54 Å². The maximum atomic E-state index is 5.36. The molecule has 0 saturated carbocycles. The molecule has 2 aromatic heterocycles. The normalized spacial score (nSPS) is 16.5. The van der Waals surface area contributed by atoms with Crippen LogP contribution in [0.2, 0.25) is 0 Å². The standard InChI is InChI=1S/C14H19N5O/c1-10-7-12(8-11(2)16-10)14-17-13(20-18-14)9-19-5-3-15-4-6-19/h7-8,15H,3-6,9H2,1-2H3. The van der Waals surface area contributed by atoms with E-state index in [4.69, 9.17) is 4.52 Å². The quantitative estimate of drug-likeness (QED) is 0.905. The van der Waals surface area contributed by atoms with Crippen molar-refractivity contribution in [2.45, 2.75) is 20.4 Å². The Balaban J connectivity index is 1.75. The highest BCUT2D eigenvalue weighted by Gasteiger charge is 2.15. The second kappa shape index (κ2) is 5.68. The fourth-order valence-electron chi connectivity index (χ4n) is 2.46. The van der Waals surface area contributed by atoms with Crippen molar-refractivity contribution in [3.05, 3.63) is 29.4 Å². The Morgan fingerprint density at radius 1 is 1.15 bits per heavy atom. The third kappa shape index (κ3) is 3.02. The molecule has 106 valence electrons. The average molecular weight is 273 g/mol. The molecule has 2 aromatic rings. The number of pyridine rings is 1. The Morgan fingerprint density at radius 2 is 1.85 bits per heavy atom. The maximum absolute atomic E-state index is 5.36. The Labute approximate surface area is 118 Å². The number of nitrogens with zero attached hydrogens (tertiary/aromatic N) is 4. The van der Waals surface area contributed by atoms with Crippen molar-refractivity contribution in [3.8, 4) is 11.4 Å². The lowest BCUT2D eigenvalue weighted by Crippen LogP contribution is -2.42. The molecule has 0 unspecified atom stereocenters. The number of piperazine rings is 1. The SMILES string of the molecule is Cc1cc(-c2noc(CN3CCNCC3)n2)cc(C)n1. The van der Waals surface area contributed by atoms with Gasteiger partial charge in [0.15, 0.2) is 0 Å². The van der Waals surface area contributed by atoms with E-state index in [1.54, 1.807) is 0 Å². The van der Waals surface area contributed by atoms with Crippen LogP contribution in [0.15, 0.2) is 16.7 Å². The van der Waals surface area contributed by atoms with Gasteiger partial charge in [-0.1, -0.05) is 5.16 Å². The van der Waals surface area contributed by atoms with Crippen LogP contribution < -0.4 is 5.32 Å². The van der Waals surface area contributed by atoms with Crippen molar-refractivity contribution < 1.29 is 4.52 Å². The van der Waals surface area contributed by atoms with E-state index in [9.17, 15) is 0 Å². The molecular formula is C14H19N5O. The van der Waals surface area contributed by atoms with Gasteiger partial charge in [-0.25, -0.2) is 0 Å². The molecule has 1 fully saturated rings. The van der Waals surface area contributed by atoms with Crippen LogP contribution in [0.1, 0.15) is 17.3 Å². The van der Waals surface area contributed by atoms with Gasteiger partial charge in [-0.15, -0.1) is 0 Å². The smallest absolute Gasteiger partial charge is 0.241 e. The molecule has 1 aliphatic rings. The monoisotopic (exact) mass is 273 g/mol. The largest absolute Gasteiger partial charge is 0.338 e. The van der Waals surface area contributed by atoms with Gasteiger partial charge in [-0.3, -0.25) is 9.88 Å². The lowest BCUT2D eigenvalue weighted by molar-refractivity contribution is 0.203. The summed E-state index contributed by atoms with van der Waals surface area (Å²) in [6.45, 7) is 8.73. The lowest BCUT2D eigenvalue weighted by atomic mass is 10.2. The summed E-state index contributed by atoms with van der Waals surface area (Å²) in [5, 5.41) is 7.41. The van der Waals surface area contributed by atoms with Crippen LogP contribution in [0.25, 0.3) is 11.4 Å². The summed E-state index contributed by atoms with van der Waals surface area (Å²) in [5.41, 5.74) is 2.90. The number of aromatic nitrogens is 3. The Kier molecular flexibility index (Phi) is 3.75. The predicted octanol–water partition coefficient (Wildman–Crippen LogP) is 1.15. The minimum Gasteiger partial charge on any atom is -0.338 e. The van der Waals surface area contributed by atoms with E-state index in [0.717, 1.165) is 49.7 Å². The molecule has 6 nitrogen and oxygen atoms in total. The molecule has 1 N–H and O–H groups in total. The van der Waals surface area contributed by atoms with Crippen molar-refractivity contribution in [3.63, 3.8) is 0 Å². The van der Waals surface area contributed by atoms with Gasteiger partial charge in [0.25, 0.3) is 0 Å². The summed E-state index contributed by atoms with van der Waals surface area (Å²) in [7, 11) is 0. The number of aryl methyl sites for hydroxylation is 2. The zero-order valence-corrected chi connectivity index (χ0v) is 11.9. The summed E-state index contributed by atoms with van der Waals surface area (Å²) in [5.74, 6) is 1.32. The van der Waals surface area contributed by atoms with Gasteiger partial charge in [0.1, 0.15) is 0 Å². The highest BCUT2D eigenvalue weighted by Crippen LogP contribution is 2.18. The molecular weight excluding hydrogens is 254 g/mol. The third-order valence-corrected chi connectivity index (χ3v) is 3.38. The molecule has 0 radical (unpaired) electrons. The minimum absolute atomic E-state index is 0.642. The highest BCUT2D eigenvalue weighted by atomic mass is 16.5. The zero-order valence-electron chi connectivity index (χ0n) is 11.9. The van der Waals surface area contributed by atoms with E-state index in [0.29, 0.717) is 11.7 Å². The van der Waals surface area contributed by atoms with Crippen molar-refractivity contribution >= 4 is 0 Å². The second-order valence-electron chi connectivity index (χ2n) is 5.18. The molecule has 6 heteroatoms. The molecule has 0 bridgehead atoms. The summed E-state index contributed by atoms with van der Waals surface area (Å²) >= 11 is 0. The van der Waals surface area contributed by atoms with E-state index >= 15 is 0 Å². The summed E-state index contributed by atoms with van der Waals surface area (Å²) in [6.07, 6.45) is 0. The molecule has 3 rings (SSSR count). The van der Waals surface area contributed by atoms with Crippen LogP contribution in [0, 0.1) is 13.8 Å². The lowest BCUT2D eigenvalue weighted by Gasteiger charge is -2.25. The van der Waals surface area contributed by atoms with Gasteiger partial charge in [-0.2, -0.15) is 4.98 Å². The molecule has 1 saturated heterocycles. The first kappa shape index (κ1) is 13.2. The van der Waals surface area contributed by atoms with Crippen molar-refractivity contribution in [1.29, 1.82) is 0 Å². The average Bonchev–Trinajstić information content (AvgIpc) is 2.87. The third-order valence-electron chi connectivity index (χ3n) is 3.38. The number of hydrogen-bond acceptors (Lipinski definition) is 6. The van der Waals surface area contributed by atoms with Crippen molar-refractivity contribution in [1.82, 2.24) is 25.3 Å². The van der Waals surface area contributed by atoms with E-state index in [1.165, 1.54) is 0 Å². The summed E-state index contributed by atoms with van der Waals surface area (Å²) in [6, 6.07) is 3.96. The second-order valence-corrected chi connectivity index (χ2v) is 5.18. The van der Waals surface area contributed by atoms with Crippen LogP contribution in [0.3, 0.4) is 0 Å². The predicted molar refractivity (Wildman–Crippen MR) is 75.1 cm³/mol. The van der Waals surface area contributed by atoms with Crippen LogP contribution >= 0.6 is 0 Å². The van der Waals surface area contributed by atoms with Crippen molar-refractivity contribution in [2.75, 3.05) is 26.2 Å². The number of rotatable bonds is 3. The molecule has 1 aliphatic heterocycles. The molecule has 0 spiro atoms. The van der Waals surface area contributed by atoms with Gasteiger partial charge in [-0.05, 0) is 26.0 Å². The maximum Gasteiger partial charge on any atom is 0.241 e. The number of nitrogens with one attached hydrogen (secondary N) is 1. The molecule has 0 atom stereocenters. The topological polar surface area (TPSA) is 67.1 Å². The Morgan fingerprint density at radius 3 is 2.55 bits per heavy atom. The van der Waals surface area contributed by atoms with Gasteiger partial charge >= 0.3 is 0 Å². The number of hydrogen-bond donors (Lipinski definition) is 1. The first-order valence-electron chi connectivity index (χ1n) is 6.92. The van der Waals surface area contributed by atoms with Gasteiger partial charge < -0.3 is 9.84 Å². The molecule has 3 heterocycles. The van der Waals surface area contributed by atoms with Crippen LogP contribution in [0.4, 0.5) is 0 Å². The van der Waals surface area contributed by atoms with Gasteiger partial charge in [0.05, 0.1) is 6.54 Å². The first-order valence-corrected chi connectivity index (χ1v) is 6.92. The van der Waals surface area contributed by atoms with Gasteiger partial charge in [0.2, 0.25) is 11.7 Å². The fourth-order valence-corrected chi connectivity index (χ4v) is 2.46. The van der Waals surface area contributed by atoms with E-state index in [2.05, 4.69) is 25.3 Å². The minimum atomic E-state index is 0.642. The molecule has 20 heavy (non-hydrogen) atoms. The highest BCUT2D eigenvalue weighted by molar-refractivity contribution is 5.55. The van der Waals surface area contributed by atoms with E-state index in [-0.39, 0.29) is 0 Å². The molecule has 0 aromatic carbocycles. The van der Waals surface area contributed by atoms with E-state index in [1.807, 2.05) is 26.0 Å². The summed E-state index contributed by atoms with van der Waals surface area (Å²) in [4.78, 5) is 11.2.